The van der Waals surface area contributed by atoms with E-state index < -0.39 is 4.92 Å². The molecule has 0 bridgehead atoms. The van der Waals surface area contributed by atoms with Crippen LogP contribution in [0.5, 0.6) is 0 Å². The van der Waals surface area contributed by atoms with Gasteiger partial charge in [0.1, 0.15) is 18.5 Å². The van der Waals surface area contributed by atoms with Crippen LogP contribution in [-0.4, -0.2) is 26.5 Å². The molecule has 3 atom stereocenters. The van der Waals surface area contributed by atoms with Gasteiger partial charge in [0.15, 0.2) is 0 Å². The second-order valence-electron chi connectivity index (χ2n) is 9.17. The average molecular weight is 436 g/mol. The molecule has 7 heteroatoms. The van der Waals surface area contributed by atoms with Crippen LogP contribution in [0.4, 0.5) is 5.69 Å². The topological polar surface area (TPSA) is 87.3 Å². The van der Waals surface area contributed by atoms with E-state index in [1.807, 2.05) is 24.3 Å². The van der Waals surface area contributed by atoms with Gasteiger partial charge in [0.25, 0.3) is 5.69 Å². The highest BCUT2D eigenvalue weighted by atomic mass is 16.6. The van der Waals surface area contributed by atoms with E-state index in [2.05, 4.69) is 25.8 Å². The van der Waals surface area contributed by atoms with Gasteiger partial charge < -0.3 is 9.30 Å². The molecule has 4 rings (SSSR count). The summed E-state index contributed by atoms with van der Waals surface area (Å²) in [5, 5.41) is 11.3. The highest BCUT2D eigenvalue weighted by Crippen LogP contribution is 2.35. The maximum atomic E-state index is 13.1. The van der Waals surface area contributed by atoms with Gasteiger partial charge in [0.2, 0.25) is 0 Å². The Bertz CT molecular complexity index is 1140. The Morgan fingerprint density at radius 2 is 2.00 bits per heavy atom. The van der Waals surface area contributed by atoms with E-state index in [4.69, 9.17) is 4.74 Å². The number of hydrogen-bond donors (Lipinski definition) is 0. The Labute approximate surface area is 187 Å². The Morgan fingerprint density at radius 1 is 1.22 bits per heavy atom. The largest absolute Gasteiger partial charge is 0.461 e. The fourth-order valence-corrected chi connectivity index (χ4v) is 4.80. The van der Waals surface area contributed by atoms with Crippen molar-refractivity contribution in [2.75, 3.05) is 0 Å². The molecule has 0 aliphatic heterocycles. The first-order valence-electron chi connectivity index (χ1n) is 11.2. The number of non-ortho nitro benzene ring substituents is 1. The lowest BCUT2D eigenvalue weighted by atomic mass is 9.75. The molecule has 3 aromatic rings. The van der Waals surface area contributed by atoms with E-state index in [-0.39, 0.29) is 24.3 Å². The lowest BCUT2D eigenvalue weighted by Crippen LogP contribution is -2.36. The molecule has 1 aliphatic rings. The molecule has 0 radical (unpaired) electrons. The first-order chi connectivity index (χ1) is 15.3. The van der Waals surface area contributed by atoms with Gasteiger partial charge in [-0.2, -0.15) is 0 Å². The SMILES string of the molecule is CC1CCC(C(C)C)[C@H](OC(=O)Cn2c(-c3cccc([N+](=O)[O-])c3)nc3ccccc32)C1. The number of ether oxygens (including phenoxy) is 1. The quantitative estimate of drug-likeness (QED) is 0.285. The second-order valence-corrected chi connectivity index (χ2v) is 9.17. The number of nitrogens with zero attached hydrogens (tertiary/aromatic N) is 3. The third kappa shape index (κ3) is 4.52. The van der Waals surface area contributed by atoms with Crippen LogP contribution in [0.15, 0.2) is 48.5 Å². The number of rotatable bonds is 6. The summed E-state index contributed by atoms with van der Waals surface area (Å²) in [5.74, 6) is 1.58. The zero-order valence-corrected chi connectivity index (χ0v) is 18.7. The number of aromatic nitrogens is 2. The standard InChI is InChI=1S/C25H29N3O4/c1-16(2)20-12-11-17(3)13-23(20)32-24(29)15-27-22-10-5-4-9-21(22)26-25(27)18-7-6-8-19(14-18)28(30)31/h4-10,14,16-17,20,23H,11-13,15H2,1-3H3/t17?,20?,23-/m1/s1. The summed E-state index contributed by atoms with van der Waals surface area (Å²) in [4.78, 5) is 28.6. The fourth-order valence-electron chi connectivity index (χ4n) is 4.80. The molecule has 0 N–H and O–H groups in total. The summed E-state index contributed by atoms with van der Waals surface area (Å²) < 4.78 is 7.81. The van der Waals surface area contributed by atoms with Crippen molar-refractivity contribution >= 4 is 22.7 Å². The Kier molecular flexibility index (Phi) is 6.26. The first kappa shape index (κ1) is 22.0. The molecule has 1 heterocycles. The maximum Gasteiger partial charge on any atom is 0.326 e. The highest BCUT2D eigenvalue weighted by molar-refractivity contribution is 5.83. The van der Waals surface area contributed by atoms with Crippen LogP contribution in [0.25, 0.3) is 22.4 Å². The van der Waals surface area contributed by atoms with Crippen LogP contribution >= 0.6 is 0 Å². The summed E-state index contributed by atoms with van der Waals surface area (Å²) in [6.45, 7) is 6.59. The lowest BCUT2D eigenvalue weighted by Gasteiger charge is -2.36. The van der Waals surface area contributed by atoms with Gasteiger partial charge in [-0.05, 0) is 42.7 Å². The van der Waals surface area contributed by atoms with Crippen molar-refractivity contribution in [1.82, 2.24) is 9.55 Å². The van der Waals surface area contributed by atoms with Crippen molar-refractivity contribution in [2.24, 2.45) is 17.8 Å². The predicted molar refractivity (Wildman–Crippen MR) is 123 cm³/mol. The highest BCUT2D eigenvalue weighted by Gasteiger charge is 2.33. The lowest BCUT2D eigenvalue weighted by molar-refractivity contribution is -0.384. The number of imidazole rings is 1. The average Bonchev–Trinajstić information content (AvgIpc) is 3.12. The van der Waals surface area contributed by atoms with Gasteiger partial charge >= 0.3 is 5.97 Å². The molecule has 168 valence electrons. The molecular formula is C25H29N3O4. The molecule has 1 aromatic heterocycles. The summed E-state index contributed by atoms with van der Waals surface area (Å²) in [6, 6.07) is 13.9. The summed E-state index contributed by atoms with van der Waals surface area (Å²) in [6.07, 6.45) is 3.04. The van der Waals surface area contributed by atoms with Crippen LogP contribution < -0.4 is 0 Å². The minimum Gasteiger partial charge on any atom is -0.461 e. The van der Waals surface area contributed by atoms with Gasteiger partial charge in [0.05, 0.1) is 16.0 Å². The second kappa shape index (κ2) is 9.10. The molecule has 0 spiro atoms. The first-order valence-corrected chi connectivity index (χ1v) is 11.2. The number of fused-ring (bicyclic) bond motifs is 1. The van der Waals surface area contributed by atoms with E-state index in [1.54, 1.807) is 16.7 Å². The van der Waals surface area contributed by atoms with Crippen molar-refractivity contribution in [3.05, 3.63) is 58.6 Å². The van der Waals surface area contributed by atoms with Gasteiger partial charge in [-0.25, -0.2) is 4.98 Å². The normalized spacial score (nSPS) is 21.1. The molecule has 1 saturated carbocycles. The molecule has 1 aliphatic carbocycles. The molecule has 0 amide bonds. The third-order valence-corrected chi connectivity index (χ3v) is 6.50. The zero-order valence-electron chi connectivity index (χ0n) is 18.7. The minimum absolute atomic E-state index is 0.00817. The maximum absolute atomic E-state index is 13.1. The molecule has 1 fully saturated rings. The van der Waals surface area contributed by atoms with E-state index in [0.717, 1.165) is 23.9 Å². The number of carbonyl (C=O) groups is 1. The number of nitro benzene ring substituents is 1. The fraction of sp³-hybridized carbons (Fsp3) is 0.440. The van der Waals surface area contributed by atoms with Gasteiger partial charge in [-0.1, -0.05) is 51.5 Å². The van der Waals surface area contributed by atoms with E-state index in [1.165, 1.54) is 18.6 Å². The molecule has 2 aromatic carbocycles. The van der Waals surface area contributed by atoms with Crippen molar-refractivity contribution in [3.63, 3.8) is 0 Å². The number of carbonyl (C=O) groups excluding carboxylic acids is 1. The molecular weight excluding hydrogens is 406 g/mol. The van der Waals surface area contributed by atoms with Crippen molar-refractivity contribution in [2.45, 2.75) is 52.7 Å². The smallest absolute Gasteiger partial charge is 0.326 e. The molecule has 32 heavy (non-hydrogen) atoms. The van der Waals surface area contributed by atoms with Crippen molar-refractivity contribution in [1.29, 1.82) is 0 Å². The van der Waals surface area contributed by atoms with Crippen LogP contribution in [0.2, 0.25) is 0 Å². The predicted octanol–water partition coefficient (Wildman–Crippen LogP) is 5.62. The summed E-state index contributed by atoms with van der Waals surface area (Å²) in [5.41, 5.74) is 2.10. The van der Waals surface area contributed by atoms with Crippen LogP contribution in [0, 0.1) is 27.9 Å². The molecule has 7 nitrogen and oxygen atoms in total. The van der Waals surface area contributed by atoms with Crippen molar-refractivity contribution in [3.8, 4) is 11.4 Å². The number of esters is 1. The monoisotopic (exact) mass is 435 g/mol. The zero-order chi connectivity index (χ0) is 22.8. The Morgan fingerprint density at radius 3 is 2.75 bits per heavy atom. The number of nitro groups is 1. The van der Waals surface area contributed by atoms with E-state index >= 15 is 0 Å². The van der Waals surface area contributed by atoms with Gasteiger partial charge in [-0.3, -0.25) is 14.9 Å². The van der Waals surface area contributed by atoms with E-state index in [0.29, 0.717) is 29.1 Å². The minimum atomic E-state index is -0.430. The van der Waals surface area contributed by atoms with Crippen LogP contribution in [-0.2, 0) is 16.1 Å². The summed E-state index contributed by atoms with van der Waals surface area (Å²) >= 11 is 0. The van der Waals surface area contributed by atoms with Crippen LogP contribution in [0.1, 0.15) is 40.0 Å². The molecule has 2 unspecified atom stereocenters. The number of para-hydroxylation sites is 2. The van der Waals surface area contributed by atoms with Gasteiger partial charge in [-0.15, -0.1) is 0 Å². The van der Waals surface area contributed by atoms with E-state index in [9.17, 15) is 14.9 Å². The Hall–Kier alpha value is -3.22. The molecule has 0 saturated heterocycles. The summed E-state index contributed by atoms with van der Waals surface area (Å²) in [7, 11) is 0. The van der Waals surface area contributed by atoms with Crippen LogP contribution in [0.3, 0.4) is 0 Å². The third-order valence-electron chi connectivity index (χ3n) is 6.50. The van der Waals surface area contributed by atoms with Crippen molar-refractivity contribution < 1.29 is 14.5 Å². The van der Waals surface area contributed by atoms with Gasteiger partial charge in [0, 0.05) is 17.7 Å². The number of benzene rings is 2. The number of hydrogen-bond acceptors (Lipinski definition) is 5. The Balaban J connectivity index is 1.65.